The number of ether oxygens (including phenoxy) is 1. The maximum atomic E-state index is 11.5. The van der Waals surface area contributed by atoms with E-state index in [-0.39, 0.29) is 11.7 Å². The van der Waals surface area contributed by atoms with E-state index in [9.17, 15) is 8.42 Å². The van der Waals surface area contributed by atoms with E-state index in [1.54, 1.807) is 24.0 Å². The molecule has 0 atom stereocenters. The Kier molecular flexibility index (Phi) is 3.64. The fourth-order valence-electron chi connectivity index (χ4n) is 1.61. The van der Waals surface area contributed by atoms with Crippen LogP contribution >= 0.6 is 0 Å². The summed E-state index contributed by atoms with van der Waals surface area (Å²) in [6, 6.07) is 1.71. The predicted molar refractivity (Wildman–Crippen MR) is 65.5 cm³/mol. The van der Waals surface area contributed by atoms with E-state index in [0.29, 0.717) is 18.1 Å². The van der Waals surface area contributed by atoms with E-state index in [4.69, 9.17) is 9.88 Å². The van der Waals surface area contributed by atoms with Crippen molar-refractivity contribution in [3.05, 3.63) is 12.3 Å². The standard InChI is InChI=1S/C9H14N6O3S/c1-14-4-3-7(13-14)8-11-12-9(19(10,16)17)15(8)5-6-18-2/h3-4H,5-6H2,1-2H3,(H2,10,16,17). The number of methoxy groups -OCH3 is 1. The Bertz CT molecular complexity index is 674. The van der Waals surface area contributed by atoms with Crippen molar-refractivity contribution in [2.45, 2.75) is 11.7 Å². The van der Waals surface area contributed by atoms with Crippen molar-refractivity contribution in [2.24, 2.45) is 12.2 Å². The van der Waals surface area contributed by atoms with Gasteiger partial charge in [0.1, 0.15) is 5.69 Å². The number of aryl methyl sites for hydroxylation is 1. The lowest BCUT2D eigenvalue weighted by atomic mass is 10.4. The van der Waals surface area contributed by atoms with Crippen molar-refractivity contribution in [1.29, 1.82) is 0 Å². The van der Waals surface area contributed by atoms with Gasteiger partial charge in [-0.15, -0.1) is 10.2 Å². The van der Waals surface area contributed by atoms with Crippen LogP contribution in [0.3, 0.4) is 0 Å². The molecule has 0 amide bonds. The molecule has 0 spiro atoms. The summed E-state index contributed by atoms with van der Waals surface area (Å²) in [5.41, 5.74) is 0.515. The highest BCUT2D eigenvalue weighted by atomic mass is 32.2. The topological polar surface area (TPSA) is 118 Å². The molecule has 0 aromatic carbocycles. The number of primary sulfonamides is 1. The Morgan fingerprint density at radius 1 is 1.42 bits per heavy atom. The number of aromatic nitrogens is 5. The van der Waals surface area contributed by atoms with Gasteiger partial charge in [-0.1, -0.05) is 0 Å². The fraction of sp³-hybridized carbons (Fsp3) is 0.444. The highest BCUT2D eigenvalue weighted by Gasteiger charge is 2.22. The van der Waals surface area contributed by atoms with E-state index in [0.717, 1.165) is 0 Å². The molecule has 0 saturated carbocycles. The minimum absolute atomic E-state index is 0.265. The van der Waals surface area contributed by atoms with E-state index >= 15 is 0 Å². The zero-order valence-corrected chi connectivity index (χ0v) is 11.3. The maximum absolute atomic E-state index is 11.5. The lowest BCUT2D eigenvalue weighted by Crippen LogP contribution is -2.20. The summed E-state index contributed by atoms with van der Waals surface area (Å²) < 4.78 is 30.8. The van der Waals surface area contributed by atoms with Crippen LogP contribution in [-0.2, 0) is 28.4 Å². The Hall–Kier alpha value is -1.78. The molecule has 9 nitrogen and oxygen atoms in total. The van der Waals surface area contributed by atoms with Crippen LogP contribution in [-0.4, -0.2) is 46.7 Å². The molecule has 0 bridgehead atoms. The summed E-state index contributed by atoms with van der Waals surface area (Å²) in [5, 5.41) is 16.4. The highest BCUT2D eigenvalue weighted by molar-refractivity contribution is 7.89. The van der Waals surface area contributed by atoms with Crippen LogP contribution in [0.1, 0.15) is 0 Å². The third-order valence-corrected chi connectivity index (χ3v) is 3.24. The summed E-state index contributed by atoms with van der Waals surface area (Å²) >= 11 is 0. The van der Waals surface area contributed by atoms with Gasteiger partial charge in [-0.3, -0.25) is 9.25 Å². The zero-order chi connectivity index (χ0) is 14.0. The molecule has 10 heteroatoms. The first-order valence-electron chi connectivity index (χ1n) is 5.38. The largest absolute Gasteiger partial charge is 0.383 e. The van der Waals surface area contributed by atoms with Crippen LogP contribution in [0, 0.1) is 0 Å². The van der Waals surface area contributed by atoms with Crippen molar-refractivity contribution in [1.82, 2.24) is 24.5 Å². The molecule has 104 valence electrons. The lowest BCUT2D eigenvalue weighted by molar-refractivity contribution is 0.185. The molecular formula is C9H14N6O3S. The van der Waals surface area contributed by atoms with Gasteiger partial charge < -0.3 is 4.74 Å². The second-order valence-corrected chi connectivity index (χ2v) is 5.33. The van der Waals surface area contributed by atoms with E-state index in [1.165, 1.54) is 11.7 Å². The first-order valence-corrected chi connectivity index (χ1v) is 6.93. The minimum atomic E-state index is -3.95. The normalized spacial score (nSPS) is 11.9. The molecule has 0 radical (unpaired) electrons. The summed E-state index contributed by atoms with van der Waals surface area (Å²) in [4.78, 5) is 0. The number of rotatable bonds is 5. The van der Waals surface area contributed by atoms with Crippen molar-refractivity contribution < 1.29 is 13.2 Å². The second kappa shape index (κ2) is 5.07. The predicted octanol–water partition coefficient (Wildman–Crippen LogP) is -1.03. The molecule has 0 unspecified atom stereocenters. The van der Waals surface area contributed by atoms with Gasteiger partial charge in [-0.25, -0.2) is 13.6 Å². The van der Waals surface area contributed by atoms with Crippen molar-refractivity contribution in [2.75, 3.05) is 13.7 Å². The molecule has 0 aliphatic heterocycles. The molecular weight excluding hydrogens is 272 g/mol. The third kappa shape index (κ3) is 2.80. The van der Waals surface area contributed by atoms with Gasteiger partial charge in [0.05, 0.1) is 13.2 Å². The van der Waals surface area contributed by atoms with Crippen LogP contribution in [0.5, 0.6) is 0 Å². The van der Waals surface area contributed by atoms with Gasteiger partial charge in [0, 0.05) is 20.4 Å². The molecule has 2 rings (SSSR count). The van der Waals surface area contributed by atoms with Crippen LogP contribution < -0.4 is 5.14 Å². The highest BCUT2D eigenvalue weighted by Crippen LogP contribution is 2.17. The molecule has 0 saturated heterocycles. The quantitative estimate of drug-likeness (QED) is 0.751. The van der Waals surface area contributed by atoms with Gasteiger partial charge in [-0.05, 0) is 6.07 Å². The number of hydrogen-bond donors (Lipinski definition) is 1. The van der Waals surface area contributed by atoms with Crippen molar-refractivity contribution in [3.63, 3.8) is 0 Å². The summed E-state index contributed by atoms with van der Waals surface area (Å²) in [7, 11) is -0.680. The average Bonchev–Trinajstić information content (AvgIpc) is 2.91. The number of sulfonamides is 1. The molecule has 19 heavy (non-hydrogen) atoms. The van der Waals surface area contributed by atoms with Crippen LogP contribution in [0.4, 0.5) is 0 Å². The first-order chi connectivity index (χ1) is 8.93. The van der Waals surface area contributed by atoms with Gasteiger partial charge in [0.2, 0.25) is 0 Å². The fourth-order valence-corrected chi connectivity index (χ4v) is 2.25. The lowest BCUT2D eigenvalue weighted by Gasteiger charge is -2.06. The SMILES string of the molecule is COCCn1c(-c2ccn(C)n2)nnc1S(N)(=O)=O. The number of nitrogens with two attached hydrogens (primary N) is 1. The molecule has 2 heterocycles. The van der Waals surface area contributed by atoms with Crippen LogP contribution in [0.15, 0.2) is 17.4 Å². The first kappa shape index (κ1) is 13.6. The molecule has 0 aliphatic carbocycles. The van der Waals surface area contributed by atoms with Gasteiger partial charge >= 0.3 is 0 Å². The van der Waals surface area contributed by atoms with E-state index in [1.807, 2.05) is 0 Å². The van der Waals surface area contributed by atoms with E-state index < -0.39 is 10.0 Å². The molecule has 2 aromatic heterocycles. The zero-order valence-electron chi connectivity index (χ0n) is 10.5. The summed E-state index contributed by atoms with van der Waals surface area (Å²) in [6.07, 6.45) is 1.72. The maximum Gasteiger partial charge on any atom is 0.273 e. The molecule has 2 N–H and O–H groups in total. The van der Waals surface area contributed by atoms with Crippen molar-refractivity contribution in [3.8, 4) is 11.5 Å². The van der Waals surface area contributed by atoms with E-state index in [2.05, 4.69) is 15.3 Å². The summed E-state index contributed by atoms with van der Waals surface area (Å²) in [5.74, 6) is 0.335. The Morgan fingerprint density at radius 2 is 2.16 bits per heavy atom. The second-order valence-electron chi connectivity index (χ2n) is 3.87. The van der Waals surface area contributed by atoms with Gasteiger partial charge in [0.15, 0.2) is 5.82 Å². The monoisotopic (exact) mass is 286 g/mol. The Labute approximate surface area is 110 Å². The third-order valence-electron chi connectivity index (χ3n) is 2.43. The number of nitrogens with zero attached hydrogens (tertiary/aromatic N) is 5. The van der Waals surface area contributed by atoms with Crippen LogP contribution in [0.2, 0.25) is 0 Å². The summed E-state index contributed by atoms with van der Waals surface area (Å²) in [6.45, 7) is 0.571. The minimum Gasteiger partial charge on any atom is -0.383 e. The van der Waals surface area contributed by atoms with Gasteiger partial charge in [-0.2, -0.15) is 5.10 Å². The average molecular weight is 286 g/mol. The number of hydrogen-bond acceptors (Lipinski definition) is 6. The Morgan fingerprint density at radius 3 is 2.68 bits per heavy atom. The molecule has 2 aromatic rings. The molecule has 0 aliphatic rings. The molecule has 0 fully saturated rings. The smallest absolute Gasteiger partial charge is 0.273 e. The Balaban J connectivity index is 2.52. The van der Waals surface area contributed by atoms with Crippen molar-refractivity contribution >= 4 is 10.0 Å². The van der Waals surface area contributed by atoms with Crippen LogP contribution in [0.25, 0.3) is 11.5 Å². The van der Waals surface area contributed by atoms with Gasteiger partial charge in [0.25, 0.3) is 15.2 Å².